The van der Waals surface area contributed by atoms with Crippen LogP contribution in [0.2, 0.25) is 0 Å². The Kier molecular flexibility index (Phi) is 4.57. The van der Waals surface area contributed by atoms with Gasteiger partial charge < -0.3 is 9.64 Å². The van der Waals surface area contributed by atoms with Crippen LogP contribution in [0.5, 0.6) is 5.75 Å². The van der Waals surface area contributed by atoms with Crippen molar-refractivity contribution in [3.8, 4) is 11.8 Å². The number of rotatable bonds is 4. The molecule has 0 spiro atoms. The lowest BCUT2D eigenvalue weighted by molar-refractivity contribution is -0.136. The first-order valence-electron chi connectivity index (χ1n) is 6.55. The first-order valence-corrected chi connectivity index (χ1v) is 6.55. The van der Waals surface area contributed by atoms with E-state index in [1.807, 2.05) is 30.3 Å². The molecule has 4 heteroatoms. The van der Waals surface area contributed by atoms with E-state index in [-0.39, 0.29) is 5.91 Å². The standard InChI is InChI=1S/C17H16N2O2/c1-19(2)17(20)16(13-8-4-3-5-9-13)21-15-11-7-6-10-14(15)12-18/h3-11,16H,1-2H3. The van der Waals surface area contributed by atoms with Gasteiger partial charge in [0.05, 0.1) is 5.56 Å². The van der Waals surface area contributed by atoms with Crippen molar-refractivity contribution in [2.45, 2.75) is 6.10 Å². The number of nitriles is 1. The van der Waals surface area contributed by atoms with Crippen molar-refractivity contribution in [3.05, 3.63) is 65.7 Å². The van der Waals surface area contributed by atoms with Crippen molar-refractivity contribution in [1.29, 1.82) is 5.26 Å². The predicted octanol–water partition coefficient (Wildman–Crippen LogP) is 2.77. The van der Waals surface area contributed by atoms with Crippen LogP contribution in [-0.2, 0) is 4.79 Å². The number of benzene rings is 2. The van der Waals surface area contributed by atoms with Crippen molar-refractivity contribution in [3.63, 3.8) is 0 Å². The number of hydrogen-bond acceptors (Lipinski definition) is 3. The second kappa shape index (κ2) is 6.58. The van der Waals surface area contributed by atoms with Crippen LogP contribution in [0, 0.1) is 11.3 Å². The highest BCUT2D eigenvalue weighted by Crippen LogP contribution is 2.26. The molecule has 21 heavy (non-hydrogen) atoms. The number of carbonyl (C=O) groups excluding carboxylic acids is 1. The van der Waals surface area contributed by atoms with Crippen LogP contribution < -0.4 is 4.74 Å². The van der Waals surface area contributed by atoms with E-state index in [1.165, 1.54) is 4.90 Å². The molecule has 1 atom stereocenters. The fourth-order valence-corrected chi connectivity index (χ4v) is 1.91. The summed E-state index contributed by atoms with van der Waals surface area (Å²) in [5, 5.41) is 9.12. The Morgan fingerprint density at radius 2 is 1.71 bits per heavy atom. The van der Waals surface area contributed by atoms with E-state index in [9.17, 15) is 4.79 Å². The minimum atomic E-state index is -0.768. The zero-order valence-corrected chi connectivity index (χ0v) is 12.0. The SMILES string of the molecule is CN(C)C(=O)C(Oc1ccccc1C#N)c1ccccc1. The van der Waals surface area contributed by atoms with Gasteiger partial charge in [0.15, 0.2) is 0 Å². The molecule has 0 bridgehead atoms. The highest BCUT2D eigenvalue weighted by Gasteiger charge is 2.25. The third kappa shape index (κ3) is 3.40. The van der Waals surface area contributed by atoms with Crippen molar-refractivity contribution in [2.24, 2.45) is 0 Å². The van der Waals surface area contributed by atoms with Gasteiger partial charge in [0.1, 0.15) is 11.8 Å². The van der Waals surface area contributed by atoms with Gasteiger partial charge in [-0.05, 0) is 12.1 Å². The van der Waals surface area contributed by atoms with Crippen LogP contribution in [0.4, 0.5) is 0 Å². The maximum atomic E-state index is 12.4. The summed E-state index contributed by atoms with van der Waals surface area (Å²) in [6, 6.07) is 18.2. The van der Waals surface area contributed by atoms with E-state index in [2.05, 4.69) is 6.07 Å². The van der Waals surface area contributed by atoms with Crippen LogP contribution in [0.1, 0.15) is 17.2 Å². The molecule has 2 aromatic rings. The summed E-state index contributed by atoms with van der Waals surface area (Å²) < 4.78 is 5.83. The number of nitrogens with zero attached hydrogens (tertiary/aromatic N) is 2. The summed E-state index contributed by atoms with van der Waals surface area (Å²) in [7, 11) is 3.36. The minimum absolute atomic E-state index is 0.172. The monoisotopic (exact) mass is 280 g/mol. The van der Waals surface area contributed by atoms with Gasteiger partial charge in [-0.15, -0.1) is 0 Å². The van der Waals surface area contributed by atoms with E-state index in [0.717, 1.165) is 5.56 Å². The molecule has 4 nitrogen and oxygen atoms in total. The molecule has 2 rings (SSSR count). The number of ether oxygens (including phenoxy) is 1. The Balaban J connectivity index is 2.38. The molecule has 0 radical (unpaired) electrons. The second-order valence-electron chi connectivity index (χ2n) is 4.75. The maximum absolute atomic E-state index is 12.4. The highest BCUT2D eigenvalue weighted by atomic mass is 16.5. The Morgan fingerprint density at radius 1 is 1.10 bits per heavy atom. The smallest absolute Gasteiger partial charge is 0.267 e. The van der Waals surface area contributed by atoms with Crippen molar-refractivity contribution in [2.75, 3.05) is 14.1 Å². The molecule has 2 aromatic carbocycles. The molecular weight excluding hydrogens is 264 g/mol. The van der Waals surface area contributed by atoms with E-state index >= 15 is 0 Å². The van der Waals surface area contributed by atoms with Crippen LogP contribution in [0.25, 0.3) is 0 Å². The Morgan fingerprint density at radius 3 is 2.33 bits per heavy atom. The van der Waals surface area contributed by atoms with Crippen LogP contribution in [0.3, 0.4) is 0 Å². The normalized spacial score (nSPS) is 11.3. The Bertz CT molecular complexity index is 660. The Labute approximate surface area is 124 Å². The van der Waals surface area contributed by atoms with Gasteiger partial charge in [-0.25, -0.2) is 0 Å². The average Bonchev–Trinajstić information content (AvgIpc) is 2.53. The molecular formula is C17H16N2O2. The molecule has 0 heterocycles. The maximum Gasteiger partial charge on any atom is 0.267 e. The molecule has 0 aliphatic rings. The molecule has 0 N–H and O–H groups in total. The third-order valence-electron chi connectivity index (χ3n) is 3.02. The fourth-order valence-electron chi connectivity index (χ4n) is 1.91. The zero-order chi connectivity index (χ0) is 15.2. The Hall–Kier alpha value is -2.80. The second-order valence-corrected chi connectivity index (χ2v) is 4.75. The summed E-state index contributed by atoms with van der Waals surface area (Å²) in [6.45, 7) is 0. The van der Waals surface area contributed by atoms with Gasteiger partial charge in [0.2, 0.25) is 6.10 Å². The molecule has 0 aliphatic heterocycles. The van der Waals surface area contributed by atoms with E-state index in [4.69, 9.17) is 10.00 Å². The largest absolute Gasteiger partial charge is 0.474 e. The summed E-state index contributed by atoms with van der Waals surface area (Å²) in [5.74, 6) is 0.234. The zero-order valence-electron chi connectivity index (χ0n) is 12.0. The molecule has 0 fully saturated rings. The molecule has 0 aliphatic carbocycles. The summed E-state index contributed by atoms with van der Waals surface area (Å²) >= 11 is 0. The third-order valence-corrected chi connectivity index (χ3v) is 3.02. The number of likely N-dealkylation sites (N-methyl/N-ethyl adjacent to an activating group) is 1. The number of para-hydroxylation sites is 1. The highest BCUT2D eigenvalue weighted by molar-refractivity contribution is 5.82. The molecule has 0 aromatic heterocycles. The van der Waals surface area contributed by atoms with Crippen molar-refractivity contribution in [1.82, 2.24) is 4.90 Å². The first kappa shape index (κ1) is 14.6. The van der Waals surface area contributed by atoms with Gasteiger partial charge in [0.25, 0.3) is 5.91 Å². The summed E-state index contributed by atoms with van der Waals surface area (Å²) in [4.78, 5) is 13.8. The van der Waals surface area contributed by atoms with Gasteiger partial charge >= 0.3 is 0 Å². The fraction of sp³-hybridized carbons (Fsp3) is 0.176. The lowest BCUT2D eigenvalue weighted by Crippen LogP contribution is -2.31. The summed E-state index contributed by atoms with van der Waals surface area (Å²) in [6.07, 6.45) is -0.768. The molecule has 106 valence electrons. The van der Waals surface area contributed by atoms with E-state index in [0.29, 0.717) is 11.3 Å². The van der Waals surface area contributed by atoms with Crippen molar-refractivity contribution < 1.29 is 9.53 Å². The van der Waals surface area contributed by atoms with Crippen molar-refractivity contribution >= 4 is 5.91 Å². The van der Waals surface area contributed by atoms with E-state index < -0.39 is 6.10 Å². The molecule has 1 amide bonds. The average molecular weight is 280 g/mol. The topological polar surface area (TPSA) is 53.3 Å². The predicted molar refractivity (Wildman–Crippen MR) is 79.7 cm³/mol. The van der Waals surface area contributed by atoms with Crippen LogP contribution in [0.15, 0.2) is 54.6 Å². The van der Waals surface area contributed by atoms with Gasteiger partial charge in [-0.2, -0.15) is 5.26 Å². The number of hydrogen-bond donors (Lipinski definition) is 0. The summed E-state index contributed by atoms with van der Waals surface area (Å²) in [5.41, 5.74) is 1.16. The lowest BCUT2D eigenvalue weighted by atomic mass is 10.1. The molecule has 0 saturated carbocycles. The quantitative estimate of drug-likeness (QED) is 0.865. The molecule has 0 saturated heterocycles. The number of amides is 1. The van der Waals surface area contributed by atoms with Crippen LogP contribution >= 0.6 is 0 Å². The first-order chi connectivity index (χ1) is 10.1. The lowest BCUT2D eigenvalue weighted by Gasteiger charge is -2.22. The molecule has 1 unspecified atom stereocenters. The van der Waals surface area contributed by atoms with Gasteiger partial charge in [-0.1, -0.05) is 42.5 Å². The van der Waals surface area contributed by atoms with Crippen LogP contribution in [-0.4, -0.2) is 24.9 Å². The minimum Gasteiger partial charge on any atom is -0.474 e. The van der Waals surface area contributed by atoms with E-state index in [1.54, 1.807) is 38.4 Å². The number of carbonyl (C=O) groups is 1. The van der Waals surface area contributed by atoms with Gasteiger partial charge in [-0.3, -0.25) is 4.79 Å². The van der Waals surface area contributed by atoms with Gasteiger partial charge in [0, 0.05) is 19.7 Å².